The number of benzene rings is 1. The summed E-state index contributed by atoms with van der Waals surface area (Å²) in [5, 5.41) is 3.38. The van der Waals surface area contributed by atoms with Crippen LogP contribution < -0.4 is 5.32 Å². The highest BCUT2D eigenvalue weighted by Gasteiger charge is 2.06. The molecule has 1 aromatic rings. The van der Waals surface area contributed by atoms with Gasteiger partial charge in [-0.15, -0.1) is 11.6 Å². The molecule has 0 spiro atoms. The van der Waals surface area contributed by atoms with Crippen LogP contribution >= 0.6 is 11.6 Å². The van der Waals surface area contributed by atoms with Crippen molar-refractivity contribution in [3.63, 3.8) is 0 Å². The van der Waals surface area contributed by atoms with E-state index in [0.29, 0.717) is 11.8 Å². The maximum absolute atomic E-state index is 13.1. The Morgan fingerprint density at radius 1 is 1.41 bits per heavy atom. The molecule has 0 aliphatic heterocycles. The van der Waals surface area contributed by atoms with E-state index in [-0.39, 0.29) is 5.82 Å². The van der Waals surface area contributed by atoms with Gasteiger partial charge < -0.3 is 5.32 Å². The van der Waals surface area contributed by atoms with Crippen LogP contribution in [0.4, 0.5) is 4.39 Å². The van der Waals surface area contributed by atoms with Crippen LogP contribution in [0.15, 0.2) is 18.2 Å². The number of rotatable bonds is 7. The average Bonchev–Trinajstić information content (AvgIpc) is 2.32. The Bertz CT molecular complexity index is 341. The third-order valence-corrected chi connectivity index (χ3v) is 3.37. The Balaban J connectivity index is 2.42. The number of halogens is 2. The predicted molar refractivity (Wildman–Crippen MR) is 72.0 cm³/mol. The highest BCUT2D eigenvalue weighted by atomic mass is 35.5. The zero-order valence-corrected chi connectivity index (χ0v) is 11.4. The smallest absolute Gasteiger partial charge is 0.123 e. The van der Waals surface area contributed by atoms with Gasteiger partial charge in [-0.05, 0) is 49.1 Å². The first-order valence-electron chi connectivity index (χ1n) is 6.19. The quantitative estimate of drug-likeness (QED) is 0.731. The van der Waals surface area contributed by atoms with E-state index >= 15 is 0 Å². The third kappa shape index (κ3) is 5.05. The zero-order chi connectivity index (χ0) is 12.7. The second kappa shape index (κ2) is 7.67. The van der Waals surface area contributed by atoms with Gasteiger partial charge in [-0.1, -0.05) is 19.4 Å². The fourth-order valence-corrected chi connectivity index (χ4v) is 2.15. The van der Waals surface area contributed by atoms with Crippen molar-refractivity contribution in [3.8, 4) is 0 Å². The Hall–Kier alpha value is -0.600. The monoisotopic (exact) mass is 257 g/mol. The normalized spacial score (nSPS) is 12.7. The molecule has 0 amide bonds. The fraction of sp³-hybridized carbons (Fsp3) is 0.571. The molecule has 0 radical (unpaired) electrons. The second-order valence-corrected chi connectivity index (χ2v) is 4.83. The minimum absolute atomic E-state index is 0.166. The Labute approximate surface area is 108 Å². The van der Waals surface area contributed by atoms with Gasteiger partial charge in [0.05, 0.1) is 0 Å². The fourth-order valence-electron chi connectivity index (χ4n) is 1.85. The van der Waals surface area contributed by atoms with Crippen LogP contribution in [-0.2, 0) is 6.54 Å². The molecule has 1 atom stereocenters. The van der Waals surface area contributed by atoms with Gasteiger partial charge in [-0.25, -0.2) is 4.39 Å². The van der Waals surface area contributed by atoms with Crippen LogP contribution in [0.2, 0.25) is 0 Å². The van der Waals surface area contributed by atoms with Crippen molar-refractivity contribution in [2.45, 2.75) is 33.2 Å². The lowest BCUT2D eigenvalue weighted by Crippen LogP contribution is -2.23. The molecular formula is C14H21ClFN. The standard InChI is InChI=1S/C14H21ClFN/c1-3-12(6-7-15)9-17-10-13-8-14(16)5-4-11(13)2/h4-5,8,12,17H,3,6-7,9-10H2,1-2H3. The van der Waals surface area contributed by atoms with E-state index in [1.165, 1.54) is 6.07 Å². The number of alkyl halides is 1. The molecule has 1 nitrogen and oxygen atoms in total. The lowest BCUT2D eigenvalue weighted by molar-refractivity contribution is 0.451. The summed E-state index contributed by atoms with van der Waals surface area (Å²) in [7, 11) is 0. The highest BCUT2D eigenvalue weighted by molar-refractivity contribution is 6.17. The molecule has 3 heteroatoms. The van der Waals surface area contributed by atoms with E-state index in [2.05, 4.69) is 12.2 Å². The van der Waals surface area contributed by atoms with Crippen LogP contribution in [0.1, 0.15) is 30.9 Å². The first kappa shape index (κ1) is 14.5. The molecule has 0 bridgehead atoms. The molecule has 0 saturated carbocycles. The van der Waals surface area contributed by atoms with Crippen molar-refractivity contribution < 1.29 is 4.39 Å². The number of nitrogens with one attached hydrogen (secondary N) is 1. The zero-order valence-electron chi connectivity index (χ0n) is 10.6. The van der Waals surface area contributed by atoms with Gasteiger partial charge in [-0.2, -0.15) is 0 Å². The van der Waals surface area contributed by atoms with E-state index in [4.69, 9.17) is 11.6 Å². The van der Waals surface area contributed by atoms with Crippen LogP contribution in [-0.4, -0.2) is 12.4 Å². The first-order chi connectivity index (χ1) is 8.17. The second-order valence-electron chi connectivity index (χ2n) is 4.45. The summed E-state index contributed by atoms with van der Waals surface area (Å²) < 4.78 is 13.1. The van der Waals surface area contributed by atoms with E-state index in [1.54, 1.807) is 6.07 Å². The van der Waals surface area contributed by atoms with Crippen LogP contribution in [0.5, 0.6) is 0 Å². The van der Waals surface area contributed by atoms with Gasteiger partial charge in [0.1, 0.15) is 5.82 Å². The summed E-state index contributed by atoms with van der Waals surface area (Å²) in [6, 6.07) is 4.93. The molecule has 17 heavy (non-hydrogen) atoms. The van der Waals surface area contributed by atoms with E-state index in [1.807, 2.05) is 13.0 Å². The average molecular weight is 258 g/mol. The van der Waals surface area contributed by atoms with Crippen LogP contribution in [0, 0.1) is 18.7 Å². The van der Waals surface area contributed by atoms with Crippen molar-refractivity contribution in [2.75, 3.05) is 12.4 Å². The maximum atomic E-state index is 13.1. The van der Waals surface area contributed by atoms with Crippen molar-refractivity contribution in [2.24, 2.45) is 5.92 Å². The molecular weight excluding hydrogens is 237 g/mol. The summed E-state index contributed by atoms with van der Waals surface area (Å²) >= 11 is 5.74. The Morgan fingerprint density at radius 3 is 2.82 bits per heavy atom. The molecule has 0 saturated heterocycles. The van der Waals surface area contributed by atoms with Crippen molar-refractivity contribution in [1.29, 1.82) is 0 Å². The molecule has 1 N–H and O–H groups in total. The number of hydrogen-bond acceptors (Lipinski definition) is 1. The minimum Gasteiger partial charge on any atom is -0.312 e. The Morgan fingerprint density at radius 2 is 2.18 bits per heavy atom. The van der Waals surface area contributed by atoms with Gasteiger partial charge in [-0.3, -0.25) is 0 Å². The van der Waals surface area contributed by atoms with Crippen molar-refractivity contribution in [1.82, 2.24) is 5.32 Å². The largest absolute Gasteiger partial charge is 0.312 e. The summed E-state index contributed by atoms with van der Waals surface area (Å²) in [5.74, 6) is 1.15. The van der Waals surface area contributed by atoms with Gasteiger partial charge in [0.15, 0.2) is 0 Å². The summed E-state index contributed by atoms with van der Waals surface area (Å²) in [4.78, 5) is 0. The molecule has 96 valence electrons. The van der Waals surface area contributed by atoms with Crippen LogP contribution in [0.25, 0.3) is 0 Å². The summed E-state index contributed by atoms with van der Waals surface area (Å²) in [5.41, 5.74) is 2.16. The Kier molecular flexibility index (Phi) is 6.53. The molecule has 1 unspecified atom stereocenters. The van der Waals surface area contributed by atoms with Gasteiger partial charge in [0.25, 0.3) is 0 Å². The molecule has 0 aromatic heterocycles. The molecule has 1 aromatic carbocycles. The molecule has 0 aliphatic rings. The van der Waals surface area contributed by atoms with Gasteiger partial charge in [0, 0.05) is 12.4 Å². The van der Waals surface area contributed by atoms with Gasteiger partial charge in [0.2, 0.25) is 0 Å². The van der Waals surface area contributed by atoms with E-state index in [0.717, 1.165) is 37.1 Å². The number of aryl methyl sites for hydroxylation is 1. The third-order valence-electron chi connectivity index (χ3n) is 3.15. The minimum atomic E-state index is -0.166. The van der Waals surface area contributed by atoms with Crippen LogP contribution in [0.3, 0.4) is 0 Å². The lowest BCUT2D eigenvalue weighted by atomic mass is 10.0. The molecule has 0 heterocycles. The number of hydrogen-bond donors (Lipinski definition) is 1. The van der Waals surface area contributed by atoms with Crippen molar-refractivity contribution >= 4 is 11.6 Å². The SMILES string of the molecule is CCC(CCCl)CNCc1cc(F)ccc1C. The predicted octanol–water partition coefficient (Wildman–Crippen LogP) is 3.88. The molecule has 1 rings (SSSR count). The van der Waals surface area contributed by atoms with Gasteiger partial charge >= 0.3 is 0 Å². The highest BCUT2D eigenvalue weighted by Crippen LogP contribution is 2.11. The summed E-state index contributed by atoms with van der Waals surface area (Å²) in [6.45, 7) is 5.85. The maximum Gasteiger partial charge on any atom is 0.123 e. The first-order valence-corrected chi connectivity index (χ1v) is 6.72. The lowest BCUT2D eigenvalue weighted by Gasteiger charge is -2.15. The molecule has 0 aliphatic carbocycles. The summed E-state index contributed by atoms with van der Waals surface area (Å²) in [6.07, 6.45) is 2.16. The van der Waals surface area contributed by atoms with E-state index in [9.17, 15) is 4.39 Å². The molecule has 0 fully saturated rings. The van der Waals surface area contributed by atoms with E-state index < -0.39 is 0 Å². The van der Waals surface area contributed by atoms with Crippen molar-refractivity contribution in [3.05, 3.63) is 35.1 Å². The topological polar surface area (TPSA) is 12.0 Å².